The van der Waals surface area contributed by atoms with Crippen LogP contribution in [0.1, 0.15) is 12.5 Å². The molecule has 0 bridgehead atoms. The van der Waals surface area contributed by atoms with Crippen LogP contribution in [0.5, 0.6) is 11.5 Å². The van der Waals surface area contributed by atoms with Gasteiger partial charge in [-0.15, -0.1) is 11.8 Å². The minimum Gasteiger partial charge on any atom is -0.497 e. The first kappa shape index (κ1) is 20.6. The number of rotatable bonds is 6. The summed E-state index contributed by atoms with van der Waals surface area (Å²) in [6.45, 7) is 1.67. The number of nitrogens with one attached hydrogen (secondary N) is 1. The van der Waals surface area contributed by atoms with Crippen LogP contribution in [0.15, 0.2) is 48.5 Å². The first-order chi connectivity index (χ1) is 14.0. The molecular formula is C21H21N3O4S. The third-order valence-electron chi connectivity index (χ3n) is 4.47. The molecule has 1 saturated heterocycles. The predicted molar refractivity (Wildman–Crippen MR) is 111 cm³/mol. The molecule has 0 aromatic heterocycles. The normalized spacial score (nSPS) is 16.6. The van der Waals surface area contributed by atoms with Crippen molar-refractivity contribution in [2.24, 2.45) is 0 Å². The van der Waals surface area contributed by atoms with E-state index in [9.17, 15) is 9.59 Å². The van der Waals surface area contributed by atoms with Crippen molar-refractivity contribution in [1.29, 1.82) is 5.26 Å². The number of benzene rings is 2. The van der Waals surface area contributed by atoms with Gasteiger partial charge in [0.2, 0.25) is 5.91 Å². The molecule has 1 fully saturated rings. The highest BCUT2D eigenvalue weighted by Gasteiger charge is 2.37. The molecule has 0 aliphatic carbocycles. The molecule has 0 radical (unpaired) electrons. The van der Waals surface area contributed by atoms with E-state index in [0.717, 1.165) is 0 Å². The SMILES string of the molecule is COc1ccc(OC(C)C(=O)N2CSCC2C(=O)Nc2ccc(C#N)cc2)cc1. The number of amides is 2. The van der Waals surface area contributed by atoms with Crippen LogP contribution < -0.4 is 14.8 Å². The maximum absolute atomic E-state index is 12.9. The summed E-state index contributed by atoms with van der Waals surface area (Å²) in [5.41, 5.74) is 1.10. The minimum absolute atomic E-state index is 0.245. The molecule has 1 heterocycles. The van der Waals surface area contributed by atoms with E-state index in [1.807, 2.05) is 6.07 Å². The van der Waals surface area contributed by atoms with Gasteiger partial charge >= 0.3 is 0 Å². The van der Waals surface area contributed by atoms with Crippen molar-refractivity contribution in [2.75, 3.05) is 24.1 Å². The maximum Gasteiger partial charge on any atom is 0.264 e. The molecule has 3 rings (SSSR count). The van der Waals surface area contributed by atoms with E-state index < -0.39 is 12.1 Å². The third kappa shape index (κ3) is 5.00. The smallest absolute Gasteiger partial charge is 0.264 e. The molecule has 2 amide bonds. The first-order valence-corrected chi connectivity index (χ1v) is 10.2. The monoisotopic (exact) mass is 411 g/mol. The van der Waals surface area contributed by atoms with Crippen LogP contribution >= 0.6 is 11.8 Å². The number of ether oxygens (including phenoxy) is 2. The number of thioether (sulfide) groups is 1. The Morgan fingerprint density at radius 3 is 2.45 bits per heavy atom. The first-order valence-electron chi connectivity index (χ1n) is 9.02. The van der Waals surface area contributed by atoms with Crippen LogP contribution in [0, 0.1) is 11.3 Å². The maximum atomic E-state index is 12.9. The van der Waals surface area contributed by atoms with E-state index in [-0.39, 0.29) is 11.8 Å². The lowest BCUT2D eigenvalue weighted by Gasteiger charge is -2.26. The summed E-state index contributed by atoms with van der Waals surface area (Å²) in [4.78, 5) is 27.1. The van der Waals surface area contributed by atoms with E-state index in [0.29, 0.717) is 34.4 Å². The van der Waals surface area contributed by atoms with Crippen molar-refractivity contribution in [1.82, 2.24) is 4.90 Å². The third-order valence-corrected chi connectivity index (χ3v) is 5.48. The number of carbonyl (C=O) groups excluding carboxylic acids is 2. The van der Waals surface area contributed by atoms with Gasteiger partial charge in [0.05, 0.1) is 24.6 Å². The molecule has 0 spiro atoms. The van der Waals surface area contributed by atoms with Gasteiger partial charge in [0.1, 0.15) is 17.5 Å². The number of anilines is 1. The Kier molecular flexibility index (Phi) is 6.62. The predicted octanol–water partition coefficient (Wildman–Crippen LogP) is 2.87. The summed E-state index contributed by atoms with van der Waals surface area (Å²) in [7, 11) is 1.58. The molecule has 2 aromatic carbocycles. The van der Waals surface area contributed by atoms with Gasteiger partial charge in [-0.3, -0.25) is 9.59 Å². The van der Waals surface area contributed by atoms with Gasteiger partial charge in [0.25, 0.3) is 5.91 Å². The van der Waals surface area contributed by atoms with E-state index in [4.69, 9.17) is 14.7 Å². The van der Waals surface area contributed by atoms with Crippen LogP contribution in [0.25, 0.3) is 0 Å². The second kappa shape index (κ2) is 9.34. The number of carbonyl (C=O) groups is 2. The van der Waals surface area contributed by atoms with Crippen molar-refractivity contribution >= 4 is 29.3 Å². The minimum atomic E-state index is -0.729. The Bertz CT molecular complexity index is 909. The summed E-state index contributed by atoms with van der Waals surface area (Å²) in [5, 5.41) is 11.7. The Balaban J connectivity index is 1.62. The molecule has 1 aliphatic heterocycles. The fourth-order valence-electron chi connectivity index (χ4n) is 2.87. The van der Waals surface area contributed by atoms with E-state index in [1.54, 1.807) is 62.6 Å². The second-order valence-electron chi connectivity index (χ2n) is 6.44. The lowest BCUT2D eigenvalue weighted by Crippen LogP contribution is -2.48. The Morgan fingerprint density at radius 1 is 1.17 bits per heavy atom. The molecule has 2 atom stereocenters. The largest absolute Gasteiger partial charge is 0.497 e. The van der Waals surface area contributed by atoms with Crippen molar-refractivity contribution in [3.05, 3.63) is 54.1 Å². The highest BCUT2D eigenvalue weighted by atomic mass is 32.2. The highest BCUT2D eigenvalue weighted by Crippen LogP contribution is 2.25. The van der Waals surface area contributed by atoms with Gasteiger partial charge in [-0.1, -0.05) is 0 Å². The fraction of sp³-hybridized carbons (Fsp3) is 0.286. The quantitative estimate of drug-likeness (QED) is 0.786. The molecule has 29 heavy (non-hydrogen) atoms. The van der Waals surface area contributed by atoms with Gasteiger partial charge < -0.3 is 19.7 Å². The molecule has 8 heteroatoms. The van der Waals surface area contributed by atoms with Crippen molar-refractivity contribution in [3.63, 3.8) is 0 Å². The van der Waals surface area contributed by atoms with Crippen LogP contribution in [0.3, 0.4) is 0 Å². The van der Waals surface area contributed by atoms with Gasteiger partial charge in [-0.05, 0) is 55.5 Å². The number of methoxy groups -OCH3 is 1. The zero-order valence-electron chi connectivity index (χ0n) is 16.1. The molecular weight excluding hydrogens is 390 g/mol. The molecule has 1 N–H and O–H groups in total. The lowest BCUT2D eigenvalue weighted by molar-refractivity contribution is -0.141. The number of nitriles is 1. The van der Waals surface area contributed by atoms with Crippen molar-refractivity contribution < 1.29 is 19.1 Å². The average molecular weight is 411 g/mol. The molecule has 2 aromatic rings. The average Bonchev–Trinajstić information content (AvgIpc) is 3.24. The standard InChI is InChI=1S/C21H21N3O4S/c1-14(28-18-9-7-17(27-2)8-10-18)21(26)24-13-29-12-19(24)20(25)23-16-5-3-15(11-22)4-6-16/h3-10,14,19H,12-13H2,1-2H3,(H,23,25). The summed E-state index contributed by atoms with van der Waals surface area (Å²) >= 11 is 1.52. The van der Waals surface area contributed by atoms with E-state index in [1.165, 1.54) is 16.7 Å². The fourth-order valence-corrected chi connectivity index (χ4v) is 4.04. The van der Waals surface area contributed by atoms with Crippen LogP contribution in [-0.4, -0.2) is 47.6 Å². The zero-order valence-corrected chi connectivity index (χ0v) is 16.9. The van der Waals surface area contributed by atoms with Gasteiger partial charge in [0.15, 0.2) is 6.10 Å². The van der Waals surface area contributed by atoms with Crippen molar-refractivity contribution in [3.8, 4) is 17.6 Å². The second-order valence-corrected chi connectivity index (χ2v) is 7.44. The van der Waals surface area contributed by atoms with Gasteiger partial charge in [-0.2, -0.15) is 5.26 Å². The molecule has 150 valence electrons. The summed E-state index contributed by atoms with van der Waals surface area (Å²) in [6, 6.07) is 15.0. The van der Waals surface area contributed by atoms with Crippen molar-refractivity contribution in [2.45, 2.75) is 19.1 Å². The van der Waals surface area contributed by atoms with Crippen LogP contribution in [0.4, 0.5) is 5.69 Å². The van der Waals surface area contributed by atoms with Crippen LogP contribution in [0.2, 0.25) is 0 Å². The Hall–Kier alpha value is -3.18. The summed E-state index contributed by atoms with van der Waals surface area (Å²) in [5.74, 6) is 1.70. The van der Waals surface area contributed by atoms with E-state index >= 15 is 0 Å². The topological polar surface area (TPSA) is 91.7 Å². The number of hydrogen-bond acceptors (Lipinski definition) is 6. The molecule has 2 unspecified atom stereocenters. The molecule has 7 nitrogen and oxygen atoms in total. The zero-order chi connectivity index (χ0) is 20.8. The van der Waals surface area contributed by atoms with Crippen LogP contribution in [-0.2, 0) is 9.59 Å². The number of hydrogen-bond donors (Lipinski definition) is 1. The molecule has 0 saturated carbocycles. The number of nitrogens with zero attached hydrogens (tertiary/aromatic N) is 2. The van der Waals surface area contributed by atoms with E-state index in [2.05, 4.69) is 5.32 Å². The summed E-state index contributed by atoms with van der Waals surface area (Å²) < 4.78 is 10.9. The molecule has 1 aliphatic rings. The summed E-state index contributed by atoms with van der Waals surface area (Å²) in [6.07, 6.45) is -0.729. The Morgan fingerprint density at radius 2 is 1.83 bits per heavy atom. The lowest BCUT2D eigenvalue weighted by atomic mass is 10.2. The van der Waals surface area contributed by atoms with Gasteiger partial charge in [-0.25, -0.2) is 0 Å². The Labute approximate surface area is 173 Å². The van der Waals surface area contributed by atoms with Gasteiger partial charge in [0, 0.05) is 11.4 Å². The highest BCUT2D eigenvalue weighted by molar-refractivity contribution is 7.99.